The number of nitriles is 1. The molecule has 0 aliphatic carbocycles. The van der Waals surface area contributed by atoms with Crippen molar-refractivity contribution in [1.82, 2.24) is 0 Å². The Kier molecular flexibility index (Phi) is 4.36. The molecule has 0 aromatic heterocycles. The van der Waals surface area contributed by atoms with E-state index in [4.69, 9.17) is 21.6 Å². The topological polar surface area (TPSA) is 50.1 Å². The van der Waals surface area contributed by atoms with Crippen molar-refractivity contribution in [3.05, 3.63) is 26.8 Å². The lowest BCUT2D eigenvalue weighted by molar-refractivity contribution is 0.101. The van der Waals surface area contributed by atoms with Crippen LogP contribution in [0.15, 0.2) is 12.1 Å². The van der Waals surface area contributed by atoms with E-state index in [1.807, 2.05) is 28.7 Å². The summed E-state index contributed by atoms with van der Waals surface area (Å²) in [5, 5.41) is 8.96. The molecule has 15 heavy (non-hydrogen) atoms. The fraction of sp³-hybridized carbons (Fsp3) is 0.200. The number of alkyl halides is 1. The summed E-state index contributed by atoms with van der Waals surface area (Å²) in [5.41, 5.74) is 0.586. The highest BCUT2D eigenvalue weighted by Crippen LogP contribution is 2.26. The summed E-state index contributed by atoms with van der Waals surface area (Å²) in [6, 6.07) is 5.37. The smallest absolute Gasteiger partial charge is 0.182 e. The van der Waals surface area contributed by atoms with E-state index < -0.39 is 0 Å². The van der Waals surface area contributed by atoms with Crippen LogP contribution in [0, 0.1) is 14.9 Å². The van der Waals surface area contributed by atoms with Gasteiger partial charge in [-0.3, -0.25) is 4.79 Å². The molecule has 0 radical (unpaired) electrons. The molecule has 1 aromatic carbocycles. The summed E-state index contributed by atoms with van der Waals surface area (Å²) in [5.74, 6) is -0.0771. The van der Waals surface area contributed by atoms with Crippen LogP contribution in [0.1, 0.15) is 15.9 Å². The Labute approximate surface area is 106 Å². The van der Waals surface area contributed by atoms with Crippen molar-refractivity contribution < 1.29 is 9.53 Å². The maximum absolute atomic E-state index is 11.6. The van der Waals surface area contributed by atoms with Crippen LogP contribution in [0.2, 0.25) is 0 Å². The highest BCUT2D eigenvalue weighted by Gasteiger charge is 2.18. The Morgan fingerprint density at radius 2 is 2.33 bits per heavy atom. The molecule has 0 fully saturated rings. The molecule has 0 spiro atoms. The normalized spacial score (nSPS) is 9.47. The lowest BCUT2D eigenvalue weighted by atomic mass is 10.0. The molecule has 0 bridgehead atoms. The zero-order chi connectivity index (χ0) is 11.4. The van der Waals surface area contributed by atoms with Gasteiger partial charge in [-0.25, -0.2) is 0 Å². The molecule has 0 heterocycles. The molecule has 5 heteroatoms. The summed E-state index contributed by atoms with van der Waals surface area (Å²) >= 11 is 7.48. The Hall–Kier alpha value is -0.800. The summed E-state index contributed by atoms with van der Waals surface area (Å²) in [6.45, 7) is 0. The van der Waals surface area contributed by atoms with Gasteiger partial charge in [-0.05, 0) is 34.7 Å². The van der Waals surface area contributed by atoms with Crippen LogP contribution in [-0.4, -0.2) is 18.8 Å². The third kappa shape index (κ3) is 2.41. The van der Waals surface area contributed by atoms with Gasteiger partial charge < -0.3 is 4.74 Å². The van der Waals surface area contributed by atoms with E-state index in [0.717, 1.165) is 0 Å². The SMILES string of the molecule is COc1ccc(I)c(C#N)c1C(=O)CCl. The van der Waals surface area contributed by atoms with Crippen molar-refractivity contribution in [2.24, 2.45) is 0 Å². The second-order valence-electron chi connectivity index (χ2n) is 2.67. The molecular formula is C10H7ClINO2. The van der Waals surface area contributed by atoms with E-state index in [1.54, 1.807) is 12.1 Å². The maximum Gasteiger partial charge on any atom is 0.182 e. The Balaban J connectivity index is 3.49. The summed E-state index contributed by atoms with van der Waals surface area (Å²) in [6.07, 6.45) is 0. The summed E-state index contributed by atoms with van der Waals surface area (Å²) in [4.78, 5) is 11.6. The molecule has 0 amide bonds. The van der Waals surface area contributed by atoms with E-state index >= 15 is 0 Å². The number of halogens is 2. The van der Waals surface area contributed by atoms with Gasteiger partial charge in [-0.15, -0.1) is 11.6 Å². The van der Waals surface area contributed by atoms with Gasteiger partial charge in [-0.1, -0.05) is 0 Å². The first-order valence-electron chi connectivity index (χ1n) is 4.01. The predicted molar refractivity (Wildman–Crippen MR) is 65.5 cm³/mol. The molecule has 0 N–H and O–H groups in total. The van der Waals surface area contributed by atoms with Crippen LogP contribution in [0.4, 0.5) is 0 Å². The molecule has 0 saturated carbocycles. The number of hydrogen-bond donors (Lipinski definition) is 0. The highest BCUT2D eigenvalue weighted by molar-refractivity contribution is 14.1. The number of Topliss-reactive ketones (excluding diaryl/α,β-unsaturated/α-hetero) is 1. The second kappa shape index (κ2) is 5.33. The monoisotopic (exact) mass is 335 g/mol. The van der Waals surface area contributed by atoms with Crippen molar-refractivity contribution in [3.8, 4) is 11.8 Å². The molecule has 1 rings (SSSR count). The minimum absolute atomic E-state index is 0.162. The van der Waals surface area contributed by atoms with Crippen LogP contribution < -0.4 is 4.74 Å². The van der Waals surface area contributed by atoms with Crippen molar-refractivity contribution in [2.45, 2.75) is 0 Å². The van der Waals surface area contributed by atoms with Gasteiger partial charge in [0.15, 0.2) is 5.78 Å². The Bertz CT molecular complexity index is 440. The highest BCUT2D eigenvalue weighted by atomic mass is 127. The van der Waals surface area contributed by atoms with Crippen LogP contribution in [-0.2, 0) is 0 Å². The minimum atomic E-state index is -0.302. The van der Waals surface area contributed by atoms with Gasteiger partial charge in [0.05, 0.1) is 24.1 Å². The number of nitrogens with zero attached hydrogens (tertiary/aromatic N) is 1. The van der Waals surface area contributed by atoms with Gasteiger partial charge in [0.2, 0.25) is 0 Å². The quantitative estimate of drug-likeness (QED) is 0.485. The first-order chi connectivity index (χ1) is 7.15. The Morgan fingerprint density at radius 3 is 2.80 bits per heavy atom. The fourth-order valence-corrected chi connectivity index (χ4v) is 1.88. The molecule has 0 saturated heterocycles. The lowest BCUT2D eigenvalue weighted by Gasteiger charge is -2.09. The van der Waals surface area contributed by atoms with Crippen LogP contribution in [0.25, 0.3) is 0 Å². The Morgan fingerprint density at radius 1 is 1.67 bits per heavy atom. The van der Waals surface area contributed by atoms with Crippen molar-refractivity contribution in [3.63, 3.8) is 0 Å². The van der Waals surface area contributed by atoms with Gasteiger partial charge in [0.1, 0.15) is 11.8 Å². The van der Waals surface area contributed by atoms with Crippen LogP contribution >= 0.6 is 34.2 Å². The molecule has 3 nitrogen and oxygen atoms in total. The maximum atomic E-state index is 11.6. The molecule has 0 atom stereocenters. The molecule has 0 aliphatic rings. The van der Waals surface area contributed by atoms with Crippen LogP contribution in [0.3, 0.4) is 0 Å². The molecule has 0 aliphatic heterocycles. The molecule has 0 unspecified atom stereocenters. The summed E-state index contributed by atoms with van der Waals surface area (Å²) < 4.78 is 5.74. The number of methoxy groups -OCH3 is 1. The molecular weight excluding hydrogens is 328 g/mol. The predicted octanol–water partition coefficient (Wildman–Crippen LogP) is 2.59. The number of benzene rings is 1. The zero-order valence-electron chi connectivity index (χ0n) is 7.88. The van der Waals surface area contributed by atoms with E-state index in [2.05, 4.69) is 0 Å². The van der Waals surface area contributed by atoms with E-state index in [-0.39, 0.29) is 17.2 Å². The van der Waals surface area contributed by atoms with E-state index in [9.17, 15) is 4.79 Å². The number of hydrogen-bond acceptors (Lipinski definition) is 3. The lowest BCUT2D eigenvalue weighted by Crippen LogP contribution is -2.07. The molecule has 78 valence electrons. The van der Waals surface area contributed by atoms with Gasteiger partial charge in [0, 0.05) is 3.57 Å². The third-order valence-corrected chi connectivity index (χ3v) is 2.99. The molecule has 1 aromatic rings. The first-order valence-corrected chi connectivity index (χ1v) is 5.62. The zero-order valence-corrected chi connectivity index (χ0v) is 10.8. The van der Waals surface area contributed by atoms with Crippen molar-refractivity contribution >= 4 is 40.0 Å². The average molecular weight is 336 g/mol. The van der Waals surface area contributed by atoms with Crippen molar-refractivity contribution in [1.29, 1.82) is 5.26 Å². The minimum Gasteiger partial charge on any atom is -0.496 e. The van der Waals surface area contributed by atoms with Crippen molar-refractivity contribution in [2.75, 3.05) is 13.0 Å². The number of carbonyl (C=O) groups excluding carboxylic acids is 1. The second-order valence-corrected chi connectivity index (χ2v) is 4.10. The van der Waals surface area contributed by atoms with E-state index in [1.165, 1.54) is 7.11 Å². The first kappa shape index (κ1) is 12.3. The number of carbonyl (C=O) groups is 1. The average Bonchev–Trinajstić information content (AvgIpc) is 2.27. The number of ketones is 1. The van der Waals surface area contributed by atoms with E-state index in [0.29, 0.717) is 14.9 Å². The van der Waals surface area contributed by atoms with Crippen LogP contribution in [0.5, 0.6) is 5.75 Å². The van der Waals surface area contributed by atoms with Gasteiger partial charge >= 0.3 is 0 Å². The largest absolute Gasteiger partial charge is 0.496 e. The van der Waals surface area contributed by atoms with Gasteiger partial charge in [0.25, 0.3) is 0 Å². The van der Waals surface area contributed by atoms with Gasteiger partial charge in [-0.2, -0.15) is 5.26 Å². The standard InChI is InChI=1S/C10H7ClINO2/c1-15-9-3-2-7(12)6(5-13)10(9)8(14)4-11/h2-3H,4H2,1H3. The number of rotatable bonds is 3. The summed E-state index contributed by atoms with van der Waals surface area (Å²) in [7, 11) is 1.45. The third-order valence-electron chi connectivity index (χ3n) is 1.85. The fourth-order valence-electron chi connectivity index (χ4n) is 1.18. The number of ether oxygens (including phenoxy) is 1.